The first kappa shape index (κ1) is 13.9. The summed E-state index contributed by atoms with van der Waals surface area (Å²) < 4.78 is 1.83. The van der Waals surface area contributed by atoms with Crippen molar-refractivity contribution in [3.05, 3.63) is 29.8 Å². The normalized spacial score (nSPS) is 14.2. The molecule has 21 heavy (non-hydrogen) atoms. The van der Waals surface area contributed by atoms with Gasteiger partial charge >= 0.3 is 0 Å². The number of anilines is 2. The van der Waals surface area contributed by atoms with Crippen molar-refractivity contribution in [3.8, 4) is 0 Å². The Bertz CT molecular complexity index is 602. The largest absolute Gasteiger partial charge is 0.370 e. The lowest BCUT2D eigenvalue weighted by Crippen LogP contribution is -2.10. The van der Waals surface area contributed by atoms with Gasteiger partial charge in [0.15, 0.2) is 0 Å². The summed E-state index contributed by atoms with van der Waals surface area (Å²) in [4.78, 5) is 9.20. The van der Waals surface area contributed by atoms with Crippen LogP contribution in [0.25, 0.3) is 0 Å². The molecule has 0 aromatic carbocycles. The molecule has 1 saturated carbocycles. The number of nitrogens with zero attached hydrogens (tertiary/aromatic N) is 4. The third-order valence-corrected chi connectivity index (χ3v) is 3.50. The summed E-state index contributed by atoms with van der Waals surface area (Å²) in [7, 11) is 1.94. The van der Waals surface area contributed by atoms with E-state index in [1.54, 1.807) is 0 Å². The summed E-state index contributed by atoms with van der Waals surface area (Å²) in [5, 5.41) is 11.0. The van der Waals surface area contributed by atoms with E-state index in [0.717, 1.165) is 42.7 Å². The van der Waals surface area contributed by atoms with Crippen molar-refractivity contribution in [3.63, 3.8) is 0 Å². The summed E-state index contributed by atoms with van der Waals surface area (Å²) >= 11 is 0. The molecule has 0 amide bonds. The van der Waals surface area contributed by atoms with Gasteiger partial charge in [0.05, 0.1) is 5.69 Å². The molecular weight excluding hydrogens is 264 g/mol. The average Bonchev–Trinajstić information content (AvgIpc) is 3.23. The molecule has 2 aromatic heterocycles. The topological polar surface area (TPSA) is 67.7 Å². The Morgan fingerprint density at radius 3 is 2.62 bits per heavy atom. The molecule has 0 saturated heterocycles. The lowest BCUT2D eigenvalue weighted by molar-refractivity contribution is 0.741. The van der Waals surface area contributed by atoms with E-state index in [4.69, 9.17) is 0 Å². The number of nitrogens with one attached hydrogen (secondary N) is 2. The second kappa shape index (κ2) is 6.11. The van der Waals surface area contributed by atoms with Crippen molar-refractivity contribution in [2.75, 3.05) is 23.7 Å². The Balaban J connectivity index is 1.63. The molecule has 3 rings (SSSR count). The number of rotatable bonds is 7. The summed E-state index contributed by atoms with van der Waals surface area (Å²) in [6.07, 6.45) is 5.28. The predicted octanol–water partition coefficient (Wildman–Crippen LogP) is 2.17. The van der Waals surface area contributed by atoms with Gasteiger partial charge in [0, 0.05) is 44.7 Å². The molecule has 2 aromatic rings. The Labute approximate surface area is 125 Å². The first-order valence-corrected chi connectivity index (χ1v) is 7.60. The fourth-order valence-electron chi connectivity index (χ4n) is 2.27. The molecule has 0 spiro atoms. The fraction of sp³-hybridized carbons (Fsp3) is 0.533. The van der Waals surface area contributed by atoms with E-state index in [2.05, 4.69) is 32.6 Å². The van der Waals surface area contributed by atoms with Crippen LogP contribution in [-0.4, -0.2) is 32.8 Å². The number of hydrogen-bond acceptors (Lipinski definition) is 5. The lowest BCUT2D eigenvalue weighted by atomic mass is 10.3. The highest BCUT2D eigenvalue weighted by Gasteiger charge is 2.27. The molecule has 2 N–H and O–H groups in total. The maximum atomic E-state index is 4.63. The van der Waals surface area contributed by atoms with Crippen molar-refractivity contribution in [2.45, 2.75) is 32.1 Å². The van der Waals surface area contributed by atoms with Gasteiger partial charge in [-0.1, -0.05) is 0 Å². The van der Waals surface area contributed by atoms with Gasteiger partial charge in [-0.15, -0.1) is 0 Å². The average molecular weight is 286 g/mol. The van der Waals surface area contributed by atoms with Crippen LogP contribution >= 0.6 is 0 Å². The lowest BCUT2D eigenvalue weighted by Gasteiger charge is -2.10. The highest BCUT2D eigenvalue weighted by molar-refractivity contribution is 5.48. The summed E-state index contributed by atoms with van der Waals surface area (Å²) in [6.45, 7) is 3.77. The molecule has 2 heterocycles. The summed E-state index contributed by atoms with van der Waals surface area (Å²) in [5.74, 6) is 3.34. The minimum atomic E-state index is 0.556. The van der Waals surface area contributed by atoms with Crippen molar-refractivity contribution in [1.29, 1.82) is 0 Å². The highest BCUT2D eigenvalue weighted by Crippen LogP contribution is 2.38. The van der Waals surface area contributed by atoms with Gasteiger partial charge in [-0.05, 0) is 25.8 Å². The van der Waals surface area contributed by atoms with Crippen LogP contribution < -0.4 is 10.6 Å². The number of hydrogen-bond donors (Lipinski definition) is 2. The Kier molecular flexibility index (Phi) is 4.03. The van der Waals surface area contributed by atoms with Gasteiger partial charge in [-0.2, -0.15) is 5.10 Å². The predicted molar refractivity (Wildman–Crippen MR) is 83.6 cm³/mol. The molecule has 112 valence electrons. The van der Waals surface area contributed by atoms with Crippen molar-refractivity contribution in [2.24, 2.45) is 7.05 Å². The van der Waals surface area contributed by atoms with Gasteiger partial charge < -0.3 is 10.6 Å². The molecule has 0 atom stereocenters. The Hall–Kier alpha value is -2.11. The van der Waals surface area contributed by atoms with E-state index >= 15 is 0 Å². The van der Waals surface area contributed by atoms with Crippen molar-refractivity contribution in [1.82, 2.24) is 19.7 Å². The molecule has 6 heteroatoms. The highest BCUT2D eigenvalue weighted by atomic mass is 15.2. The first-order chi connectivity index (χ1) is 10.2. The van der Waals surface area contributed by atoms with Crippen LogP contribution in [0.4, 0.5) is 11.6 Å². The fourth-order valence-corrected chi connectivity index (χ4v) is 2.27. The van der Waals surface area contributed by atoms with E-state index in [9.17, 15) is 0 Å². The van der Waals surface area contributed by atoms with Crippen LogP contribution in [0, 0.1) is 0 Å². The first-order valence-electron chi connectivity index (χ1n) is 7.60. The maximum Gasteiger partial charge on any atom is 0.136 e. The quantitative estimate of drug-likeness (QED) is 0.816. The van der Waals surface area contributed by atoms with E-state index < -0.39 is 0 Å². The van der Waals surface area contributed by atoms with Gasteiger partial charge in [-0.3, -0.25) is 4.68 Å². The second-order valence-corrected chi connectivity index (χ2v) is 5.46. The summed E-state index contributed by atoms with van der Waals surface area (Å²) in [5.41, 5.74) is 1.09. The zero-order valence-corrected chi connectivity index (χ0v) is 12.6. The molecule has 1 aliphatic rings. The van der Waals surface area contributed by atoms with Gasteiger partial charge in [0.1, 0.15) is 17.5 Å². The van der Waals surface area contributed by atoms with E-state index in [-0.39, 0.29) is 0 Å². The molecular formula is C15H22N6. The molecule has 6 nitrogen and oxygen atoms in total. The minimum Gasteiger partial charge on any atom is -0.370 e. The zero-order valence-electron chi connectivity index (χ0n) is 12.6. The van der Waals surface area contributed by atoms with E-state index in [1.165, 1.54) is 12.8 Å². The molecule has 0 bridgehead atoms. The standard InChI is InChI=1S/C15H22N6/c1-3-16-13-10-14(19-15(18-13)11-4-5-11)17-8-6-12-7-9-21(2)20-12/h7,9-11H,3-6,8H2,1-2H3,(H2,16,17,18,19). The monoisotopic (exact) mass is 286 g/mol. The molecule has 0 radical (unpaired) electrons. The van der Waals surface area contributed by atoms with Crippen LogP contribution in [0.5, 0.6) is 0 Å². The molecule has 0 aliphatic heterocycles. The van der Waals surface area contributed by atoms with Crippen LogP contribution in [0.1, 0.15) is 37.2 Å². The molecule has 1 fully saturated rings. The van der Waals surface area contributed by atoms with Crippen molar-refractivity contribution >= 4 is 11.6 Å². The van der Waals surface area contributed by atoms with Gasteiger partial charge in [0.25, 0.3) is 0 Å². The van der Waals surface area contributed by atoms with Gasteiger partial charge in [0.2, 0.25) is 0 Å². The summed E-state index contributed by atoms with van der Waals surface area (Å²) in [6, 6.07) is 4.02. The number of aromatic nitrogens is 4. The number of aryl methyl sites for hydroxylation is 1. The van der Waals surface area contributed by atoms with E-state index in [1.807, 2.05) is 30.1 Å². The van der Waals surface area contributed by atoms with Gasteiger partial charge in [-0.25, -0.2) is 9.97 Å². The SMILES string of the molecule is CCNc1cc(NCCc2ccn(C)n2)nc(C2CC2)n1. The maximum absolute atomic E-state index is 4.63. The zero-order chi connectivity index (χ0) is 14.7. The third-order valence-electron chi connectivity index (χ3n) is 3.50. The van der Waals surface area contributed by atoms with Crippen LogP contribution in [-0.2, 0) is 13.5 Å². The van der Waals surface area contributed by atoms with Crippen LogP contribution in [0.3, 0.4) is 0 Å². The smallest absolute Gasteiger partial charge is 0.136 e. The minimum absolute atomic E-state index is 0.556. The Morgan fingerprint density at radius 1 is 1.24 bits per heavy atom. The van der Waals surface area contributed by atoms with Crippen molar-refractivity contribution < 1.29 is 0 Å². The molecule has 0 unspecified atom stereocenters. The Morgan fingerprint density at radius 2 is 2.00 bits per heavy atom. The third kappa shape index (κ3) is 3.71. The second-order valence-electron chi connectivity index (χ2n) is 5.46. The van der Waals surface area contributed by atoms with Crippen LogP contribution in [0.2, 0.25) is 0 Å². The van der Waals surface area contributed by atoms with E-state index in [0.29, 0.717) is 5.92 Å². The molecule has 1 aliphatic carbocycles. The van der Waals surface area contributed by atoms with Crippen LogP contribution in [0.15, 0.2) is 18.3 Å².